The van der Waals surface area contributed by atoms with Crippen molar-refractivity contribution in [3.05, 3.63) is 54.4 Å². The van der Waals surface area contributed by atoms with Crippen LogP contribution in [0.4, 0.5) is 0 Å². The second-order valence-electron chi connectivity index (χ2n) is 4.43. The van der Waals surface area contributed by atoms with Crippen molar-refractivity contribution in [3.63, 3.8) is 0 Å². The summed E-state index contributed by atoms with van der Waals surface area (Å²) < 4.78 is 0. The van der Waals surface area contributed by atoms with E-state index < -0.39 is 0 Å². The second kappa shape index (κ2) is 4.69. The van der Waals surface area contributed by atoms with Gasteiger partial charge in [-0.1, -0.05) is 6.92 Å². The lowest BCUT2D eigenvalue weighted by molar-refractivity contribution is 0.469. The lowest BCUT2D eigenvalue weighted by Crippen LogP contribution is -1.89. The van der Waals surface area contributed by atoms with Crippen LogP contribution in [0.15, 0.2) is 48.8 Å². The van der Waals surface area contributed by atoms with Crippen molar-refractivity contribution in [2.45, 2.75) is 13.3 Å². The van der Waals surface area contributed by atoms with Crippen molar-refractivity contribution in [2.24, 2.45) is 0 Å². The lowest BCUT2D eigenvalue weighted by atomic mass is 10.0. The minimum Gasteiger partial charge on any atom is -0.508 e. The molecule has 0 unspecified atom stereocenters. The van der Waals surface area contributed by atoms with Gasteiger partial charge >= 0.3 is 0 Å². The summed E-state index contributed by atoms with van der Waals surface area (Å²) in [7, 11) is 0. The van der Waals surface area contributed by atoms with Crippen LogP contribution in [0.2, 0.25) is 0 Å². The number of fused-ring (bicyclic) bond motifs is 1. The number of aryl methyl sites for hydroxylation is 1. The SMILES string of the molecule is CCc1cc(-c2nccc3ncccc23)ccc1O. The van der Waals surface area contributed by atoms with E-state index in [1.165, 1.54) is 0 Å². The lowest BCUT2D eigenvalue weighted by Gasteiger charge is -2.08. The van der Waals surface area contributed by atoms with Gasteiger partial charge in [0, 0.05) is 23.3 Å². The highest BCUT2D eigenvalue weighted by atomic mass is 16.3. The third-order valence-corrected chi connectivity index (χ3v) is 3.26. The largest absolute Gasteiger partial charge is 0.508 e. The molecule has 0 amide bonds. The van der Waals surface area contributed by atoms with Crippen molar-refractivity contribution in [1.29, 1.82) is 0 Å². The third kappa shape index (κ3) is 2.03. The zero-order valence-corrected chi connectivity index (χ0v) is 10.7. The summed E-state index contributed by atoms with van der Waals surface area (Å²) >= 11 is 0. The Bertz CT molecular complexity index is 732. The molecule has 0 radical (unpaired) electrons. The number of benzene rings is 1. The van der Waals surface area contributed by atoms with E-state index in [0.717, 1.165) is 34.1 Å². The van der Waals surface area contributed by atoms with Crippen LogP contribution >= 0.6 is 0 Å². The normalized spacial score (nSPS) is 10.8. The van der Waals surface area contributed by atoms with Gasteiger partial charge in [-0.2, -0.15) is 0 Å². The molecule has 0 fully saturated rings. The summed E-state index contributed by atoms with van der Waals surface area (Å²) in [5.74, 6) is 0.338. The molecule has 0 bridgehead atoms. The number of hydrogen-bond acceptors (Lipinski definition) is 3. The molecule has 94 valence electrons. The first kappa shape index (κ1) is 11.7. The minimum atomic E-state index is 0.338. The summed E-state index contributed by atoms with van der Waals surface area (Å²) in [6, 6.07) is 11.4. The number of pyridine rings is 2. The molecule has 2 aromatic heterocycles. The van der Waals surface area contributed by atoms with E-state index in [9.17, 15) is 5.11 Å². The Kier molecular flexibility index (Phi) is 2.88. The highest BCUT2D eigenvalue weighted by Gasteiger charge is 2.08. The Morgan fingerprint density at radius 3 is 2.79 bits per heavy atom. The maximum Gasteiger partial charge on any atom is 0.118 e. The first-order valence-corrected chi connectivity index (χ1v) is 6.31. The van der Waals surface area contributed by atoms with Gasteiger partial charge in [-0.15, -0.1) is 0 Å². The Labute approximate surface area is 111 Å². The van der Waals surface area contributed by atoms with Gasteiger partial charge in [-0.25, -0.2) is 0 Å². The van der Waals surface area contributed by atoms with Crippen molar-refractivity contribution >= 4 is 10.9 Å². The molecule has 19 heavy (non-hydrogen) atoms. The van der Waals surface area contributed by atoms with Crippen molar-refractivity contribution in [2.75, 3.05) is 0 Å². The van der Waals surface area contributed by atoms with Crippen LogP contribution in [0.5, 0.6) is 5.75 Å². The van der Waals surface area contributed by atoms with Gasteiger partial charge in [0.25, 0.3) is 0 Å². The quantitative estimate of drug-likeness (QED) is 0.756. The van der Waals surface area contributed by atoms with Crippen molar-refractivity contribution < 1.29 is 5.11 Å². The molecule has 2 heterocycles. The molecular formula is C16H14N2O. The van der Waals surface area contributed by atoms with Crippen LogP contribution in [0, 0.1) is 0 Å². The Balaban J connectivity index is 2.24. The van der Waals surface area contributed by atoms with Crippen molar-refractivity contribution in [3.8, 4) is 17.0 Å². The molecule has 0 aliphatic heterocycles. The predicted molar refractivity (Wildman–Crippen MR) is 76.0 cm³/mol. The van der Waals surface area contributed by atoms with Gasteiger partial charge in [0.15, 0.2) is 0 Å². The summed E-state index contributed by atoms with van der Waals surface area (Å²) in [6.45, 7) is 2.02. The zero-order valence-electron chi connectivity index (χ0n) is 10.7. The van der Waals surface area contributed by atoms with Crippen LogP contribution in [0.3, 0.4) is 0 Å². The van der Waals surface area contributed by atoms with E-state index in [-0.39, 0.29) is 0 Å². The van der Waals surface area contributed by atoms with Gasteiger partial charge in [-0.05, 0) is 48.4 Å². The summed E-state index contributed by atoms with van der Waals surface area (Å²) in [6.07, 6.45) is 4.34. The average Bonchev–Trinajstić information content (AvgIpc) is 2.47. The Morgan fingerprint density at radius 1 is 1.05 bits per heavy atom. The van der Waals surface area contributed by atoms with Gasteiger partial charge in [0.1, 0.15) is 5.75 Å². The molecular weight excluding hydrogens is 236 g/mol. The number of aromatic hydroxyl groups is 1. The fourth-order valence-corrected chi connectivity index (χ4v) is 2.25. The van der Waals surface area contributed by atoms with E-state index in [0.29, 0.717) is 5.75 Å². The van der Waals surface area contributed by atoms with E-state index in [1.54, 1.807) is 18.5 Å². The minimum absolute atomic E-state index is 0.338. The molecule has 1 aromatic carbocycles. The molecule has 3 rings (SSSR count). The number of rotatable bonds is 2. The molecule has 0 spiro atoms. The average molecular weight is 250 g/mol. The first-order valence-electron chi connectivity index (χ1n) is 6.31. The number of nitrogens with zero attached hydrogens (tertiary/aromatic N) is 2. The van der Waals surface area contributed by atoms with E-state index in [2.05, 4.69) is 9.97 Å². The predicted octanol–water partition coefficient (Wildman–Crippen LogP) is 3.56. The van der Waals surface area contributed by atoms with Crippen molar-refractivity contribution in [1.82, 2.24) is 9.97 Å². The highest BCUT2D eigenvalue weighted by Crippen LogP contribution is 2.29. The van der Waals surface area contributed by atoms with Crippen LogP contribution in [0.25, 0.3) is 22.2 Å². The van der Waals surface area contributed by atoms with Gasteiger partial charge in [0.2, 0.25) is 0 Å². The van der Waals surface area contributed by atoms with Crippen LogP contribution in [0.1, 0.15) is 12.5 Å². The number of hydrogen-bond donors (Lipinski definition) is 1. The van der Waals surface area contributed by atoms with Gasteiger partial charge in [0.05, 0.1) is 11.2 Å². The Morgan fingerprint density at radius 2 is 1.95 bits per heavy atom. The number of phenols is 1. The zero-order chi connectivity index (χ0) is 13.2. The fraction of sp³-hybridized carbons (Fsp3) is 0.125. The molecule has 0 saturated heterocycles. The number of aromatic nitrogens is 2. The standard InChI is InChI=1S/C16H14N2O/c1-2-11-10-12(5-6-15(11)19)16-13-4-3-8-17-14(13)7-9-18-16/h3-10,19H,2H2,1H3. The molecule has 0 atom stereocenters. The summed E-state index contributed by atoms with van der Waals surface area (Å²) in [4.78, 5) is 8.80. The maximum atomic E-state index is 9.76. The summed E-state index contributed by atoms with van der Waals surface area (Å²) in [5, 5.41) is 10.8. The second-order valence-corrected chi connectivity index (χ2v) is 4.43. The van der Waals surface area contributed by atoms with Crippen LogP contribution < -0.4 is 0 Å². The third-order valence-electron chi connectivity index (χ3n) is 3.26. The molecule has 0 saturated carbocycles. The highest BCUT2D eigenvalue weighted by molar-refractivity contribution is 5.92. The summed E-state index contributed by atoms with van der Waals surface area (Å²) in [5.41, 5.74) is 3.77. The van der Waals surface area contributed by atoms with Crippen LogP contribution in [-0.4, -0.2) is 15.1 Å². The van der Waals surface area contributed by atoms with E-state index in [1.807, 2.05) is 37.3 Å². The monoisotopic (exact) mass is 250 g/mol. The molecule has 3 nitrogen and oxygen atoms in total. The topological polar surface area (TPSA) is 46.0 Å². The molecule has 0 aliphatic carbocycles. The van der Waals surface area contributed by atoms with E-state index in [4.69, 9.17) is 0 Å². The Hall–Kier alpha value is -2.42. The molecule has 0 aliphatic rings. The van der Waals surface area contributed by atoms with Gasteiger partial charge in [-0.3, -0.25) is 9.97 Å². The first-order chi connectivity index (χ1) is 9.29. The molecule has 3 aromatic rings. The maximum absolute atomic E-state index is 9.76. The van der Waals surface area contributed by atoms with Gasteiger partial charge < -0.3 is 5.11 Å². The molecule has 3 heteroatoms. The number of phenolic OH excluding ortho intramolecular Hbond substituents is 1. The van der Waals surface area contributed by atoms with Crippen LogP contribution in [-0.2, 0) is 6.42 Å². The van der Waals surface area contributed by atoms with E-state index >= 15 is 0 Å². The fourth-order valence-electron chi connectivity index (χ4n) is 2.25. The smallest absolute Gasteiger partial charge is 0.118 e. The molecule has 1 N–H and O–H groups in total.